The fraction of sp³-hybridized carbons (Fsp3) is 0.308. The van der Waals surface area contributed by atoms with Gasteiger partial charge in [-0.1, -0.05) is 72.3 Å². The second-order valence-corrected chi connectivity index (χ2v) is 8.32. The first-order valence-electron chi connectivity index (χ1n) is 10.8. The summed E-state index contributed by atoms with van der Waals surface area (Å²) in [7, 11) is 0. The quantitative estimate of drug-likeness (QED) is 0.392. The van der Waals surface area contributed by atoms with Gasteiger partial charge in [-0.15, -0.1) is 0 Å². The normalized spacial score (nSPS) is 15.6. The van der Waals surface area contributed by atoms with Gasteiger partial charge in [-0.25, -0.2) is 4.79 Å². The number of halogens is 1. The SMILES string of the molecule is C=C/C(Cl)=C\C=C(/C)CNC(=O)Nc1ccc([C@H](C)NC(=O)CC2CC=CC=CC2)cc1. The van der Waals surface area contributed by atoms with Gasteiger partial charge < -0.3 is 16.0 Å². The highest BCUT2D eigenvalue weighted by atomic mass is 35.5. The van der Waals surface area contributed by atoms with Gasteiger partial charge in [0.2, 0.25) is 5.91 Å². The fourth-order valence-corrected chi connectivity index (χ4v) is 3.27. The molecule has 0 saturated carbocycles. The average Bonchev–Trinajstić information content (AvgIpc) is 3.04. The summed E-state index contributed by atoms with van der Waals surface area (Å²) >= 11 is 5.86. The molecule has 0 aliphatic heterocycles. The summed E-state index contributed by atoms with van der Waals surface area (Å²) in [5.74, 6) is 0.399. The van der Waals surface area contributed by atoms with E-state index in [1.807, 2.05) is 56.3 Å². The second-order valence-electron chi connectivity index (χ2n) is 7.89. The van der Waals surface area contributed by atoms with E-state index in [2.05, 4.69) is 34.7 Å². The Hall–Kier alpha value is -3.05. The van der Waals surface area contributed by atoms with Crippen molar-refractivity contribution in [2.45, 2.75) is 39.2 Å². The highest BCUT2D eigenvalue weighted by molar-refractivity contribution is 6.31. The molecule has 0 bridgehead atoms. The van der Waals surface area contributed by atoms with Gasteiger partial charge in [0, 0.05) is 23.7 Å². The first-order chi connectivity index (χ1) is 15.4. The molecule has 0 unspecified atom stereocenters. The monoisotopic (exact) mass is 453 g/mol. The largest absolute Gasteiger partial charge is 0.350 e. The van der Waals surface area contributed by atoms with Crippen LogP contribution in [0.15, 0.2) is 84.0 Å². The number of hydrogen-bond donors (Lipinski definition) is 3. The van der Waals surface area contributed by atoms with Gasteiger partial charge in [0.1, 0.15) is 0 Å². The molecule has 0 fully saturated rings. The number of allylic oxidation sites excluding steroid dienone is 8. The lowest BCUT2D eigenvalue weighted by Crippen LogP contribution is -2.30. The Morgan fingerprint density at radius 2 is 1.81 bits per heavy atom. The lowest BCUT2D eigenvalue weighted by atomic mass is 9.97. The third kappa shape index (κ3) is 9.40. The lowest BCUT2D eigenvalue weighted by molar-refractivity contribution is -0.122. The van der Waals surface area contributed by atoms with Gasteiger partial charge in [0.15, 0.2) is 0 Å². The van der Waals surface area contributed by atoms with E-state index in [0.717, 1.165) is 24.0 Å². The van der Waals surface area contributed by atoms with Crippen molar-refractivity contribution in [2.75, 3.05) is 11.9 Å². The third-order valence-electron chi connectivity index (χ3n) is 5.09. The maximum Gasteiger partial charge on any atom is 0.319 e. The number of amides is 3. The second kappa shape index (κ2) is 13.4. The van der Waals surface area contributed by atoms with E-state index in [9.17, 15) is 9.59 Å². The summed E-state index contributed by atoms with van der Waals surface area (Å²) in [6.07, 6.45) is 15.8. The number of hydrogen-bond acceptors (Lipinski definition) is 2. The Kier molecular flexibility index (Phi) is 10.5. The first-order valence-corrected chi connectivity index (χ1v) is 11.2. The zero-order valence-corrected chi connectivity index (χ0v) is 19.5. The number of anilines is 1. The molecule has 0 aromatic heterocycles. The summed E-state index contributed by atoms with van der Waals surface area (Å²) in [5.41, 5.74) is 2.61. The van der Waals surface area contributed by atoms with Crippen molar-refractivity contribution in [3.05, 3.63) is 89.5 Å². The molecule has 3 amide bonds. The Morgan fingerprint density at radius 1 is 1.16 bits per heavy atom. The van der Waals surface area contributed by atoms with E-state index in [1.54, 1.807) is 12.2 Å². The molecular formula is C26H32ClN3O2. The molecular weight excluding hydrogens is 422 g/mol. The van der Waals surface area contributed by atoms with Crippen molar-refractivity contribution < 1.29 is 9.59 Å². The van der Waals surface area contributed by atoms with Crippen molar-refractivity contribution >= 4 is 29.2 Å². The summed E-state index contributed by atoms with van der Waals surface area (Å²) in [6, 6.07) is 7.07. The van der Waals surface area contributed by atoms with Crippen molar-refractivity contribution in [3.63, 3.8) is 0 Å². The van der Waals surface area contributed by atoms with Crippen LogP contribution in [0.3, 0.4) is 0 Å². The number of benzene rings is 1. The zero-order chi connectivity index (χ0) is 23.3. The topological polar surface area (TPSA) is 70.2 Å². The summed E-state index contributed by atoms with van der Waals surface area (Å²) in [4.78, 5) is 24.5. The van der Waals surface area contributed by atoms with E-state index in [-0.39, 0.29) is 18.0 Å². The smallest absolute Gasteiger partial charge is 0.319 e. The molecule has 0 spiro atoms. The van der Waals surface area contributed by atoms with E-state index in [4.69, 9.17) is 11.6 Å². The van der Waals surface area contributed by atoms with Crippen LogP contribution in [-0.2, 0) is 4.79 Å². The van der Waals surface area contributed by atoms with Crippen LogP contribution >= 0.6 is 11.6 Å². The minimum Gasteiger partial charge on any atom is -0.350 e. The molecule has 2 rings (SSSR count). The molecule has 1 aromatic carbocycles. The van der Waals surface area contributed by atoms with Crippen LogP contribution in [0.25, 0.3) is 0 Å². The molecule has 3 N–H and O–H groups in total. The maximum atomic E-state index is 12.4. The molecule has 1 aliphatic carbocycles. The Bertz CT molecular complexity index is 900. The zero-order valence-electron chi connectivity index (χ0n) is 18.7. The molecule has 170 valence electrons. The molecule has 0 radical (unpaired) electrons. The van der Waals surface area contributed by atoms with Gasteiger partial charge in [-0.3, -0.25) is 4.79 Å². The van der Waals surface area contributed by atoms with Crippen LogP contribution in [0.5, 0.6) is 0 Å². The number of nitrogens with one attached hydrogen (secondary N) is 3. The molecule has 1 aromatic rings. The van der Waals surface area contributed by atoms with E-state index < -0.39 is 0 Å². The van der Waals surface area contributed by atoms with Crippen LogP contribution in [0.1, 0.15) is 44.7 Å². The predicted molar refractivity (Wildman–Crippen MR) is 134 cm³/mol. The van der Waals surface area contributed by atoms with Crippen LogP contribution in [0, 0.1) is 5.92 Å². The molecule has 1 aliphatic rings. The van der Waals surface area contributed by atoms with Crippen LogP contribution in [0.2, 0.25) is 0 Å². The molecule has 1 atom stereocenters. The number of urea groups is 1. The number of carbonyl (C=O) groups excluding carboxylic acids is 2. The standard InChI is InChI=1S/C26H32ClN3O2/c1-4-23(27)14-11-19(2)18-28-26(32)30-24-15-12-22(13-16-24)20(3)29-25(31)17-21-9-7-5-6-8-10-21/h4-8,11-16,20-21H,1,9-10,17-18H2,2-3H3,(H,29,31)(H2,28,30,32)/b19-11+,23-14+/t20-/m0/s1. The van der Waals surface area contributed by atoms with Crippen molar-refractivity contribution in [2.24, 2.45) is 5.92 Å². The predicted octanol–water partition coefficient (Wildman–Crippen LogP) is 6.15. The molecule has 0 saturated heterocycles. The number of carbonyl (C=O) groups is 2. The van der Waals surface area contributed by atoms with Crippen molar-refractivity contribution in [3.8, 4) is 0 Å². The highest BCUT2D eigenvalue weighted by Crippen LogP contribution is 2.20. The van der Waals surface area contributed by atoms with Crippen LogP contribution in [0.4, 0.5) is 10.5 Å². The number of rotatable bonds is 9. The summed E-state index contributed by atoms with van der Waals surface area (Å²) in [5, 5.41) is 9.21. The van der Waals surface area contributed by atoms with Gasteiger partial charge >= 0.3 is 6.03 Å². The van der Waals surface area contributed by atoms with Gasteiger partial charge in [-0.05, 0) is 56.4 Å². The van der Waals surface area contributed by atoms with E-state index >= 15 is 0 Å². The molecule has 32 heavy (non-hydrogen) atoms. The summed E-state index contributed by atoms with van der Waals surface area (Å²) in [6.45, 7) is 7.84. The van der Waals surface area contributed by atoms with Crippen molar-refractivity contribution in [1.82, 2.24) is 10.6 Å². The molecule has 6 heteroatoms. The Balaban J connectivity index is 1.79. The first kappa shape index (κ1) is 25.2. The Morgan fingerprint density at radius 3 is 2.44 bits per heavy atom. The van der Waals surface area contributed by atoms with Crippen molar-refractivity contribution in [1.29, 1.82) is 0 Å². The van der Waals surface area contributed by atoms with E-state index in [1.165, 1.54) is 0 Å². The minimum atomic E-state index is -0.294. The van der Waals surface area contributed by atoms with E-state index in [0.29, 0.717) is 29.6 Å². The maximum absolute atomic E-state index is 12.4. The highest BCUT2D eigenvalue weighted by Gasteiger charge is 2.15. The van der Waals surface area contributed by atoms with Gasteiger partial charge in [0.25, 0.3) is 0 Å². The van der Waals surface area contributed by atoms with Crippen LogP contribution in [-0.4, -0.2) is 18.5 Å². The third-order valence-corrected chi connectivity index (χ3v) is 5.37. The lowest BCUT2D eigenvalue weighted by Gasteiger charge is -2.17. The van der Waals surface area contributed by atoms with Gasteiger partial charge in [0.05, 0.1) is 6.04 Å². The summed E-state index contributed by atoms with van der Waals surface area (Å²) < 4.78 is 0. The minimum absolute atomic E-state index is 0.0560. The molecule has 0 heterocycles. The fourth-order valence-electron chi connectivity index (χ4n) is 3.21. The molecule has 5 nitrogen and oxygen atoms in total. The van der Waals surface area contributed by atoms with Crippen LogP contribution < -0.4 is 16.0 Å². The Labute approximate surface area is 196 Å². The van der Waals surface area contributed by atoms with Gasteiger partial charge in [-0.2, -0.15) is 0 Å². The average molecular weight is 454 g/mol.